The Morgan fingerprint density at radius 2 is 2.04 bits per heavy atom. The number of nitrogen functional groups attached to an aromatic ring is 1. The van der Waals surface area contributed by atoms with Gasteiger partial charge < -0.3 is 15.4 Å². The second kappa shape index (κ2) is 7.01. The number of nitrogens with two attached hydrogens (primary N) is 1. The molecule has 0 bridgehead atoms. The first-order valence-electron chi connectivity index (χ1n) is 8.29. The molecule has 0 saturated carbocycles. The van der Waals surface area contributed by atoms with Gasteiger partial charge >= 0.3 is 5.63 Å². The van der Waals surface area contributed by atoms with Crippen molar-refractivity contribution in [2.45, 2.75) is 17.8 Å². The maximum Gasteiger partial charge on any atom is 0.336 e. The van der Waals surface area contributed by atoms with Gasteiger partial charge in [0.15, 0.2) is 5.82 Å². The van der Waals surface area contributed by atoms with E-state index in [1.165, 1.54) is 28.6 Å². The first kappa shape index (κ1) is 18.1. The number of fused-ring (bicyclic) bond motifs is 1. The van der Waals surface area contributed by atoms with Gasteiger partial charge in [-0.2, -0.15) is 0 Å². The van der Waals surface area contributed by atoms with Crippen LogP contribution in [0.3, 0.4) is 0 Å². The Bertz CT molecular complexity index is 1250. The van der Waals surface area contributed by atoms with E-state index in [0.29, 0.717) is 33.0 Å². The summed E-state index contributed by atoms with van der Waals surface area (Å²) in [5, 5.41) is 18.9. The molecule has 0 amide bonds. The minimum Gasteiger partial charge on any atom is -0.508 e. The number of aromatic hydroxyl groups is 1. The van der Waals surface area contributed by atoms with E-state index in [-0.39, 0.29) is 17.1 Å². The number of aryl methyl sites for hydroxylation is 1. The predicted molar refractivity (Wildman–Crippen MR) is 104 cm³/mol. The van der Waals surface area contributed by atoms with Gasteiger partial charge in [0.1, 0.15) is 17.1 Å². The summed E-state index contributed by atoms with van der Waals surface area (Å²) in [5.74, 6) is 6.22. The van der Waals surface area contributed by atoms with E-state index >= 15 is 0 Å². The van der Waals surface area contributed by atoms with Crippen LogP contribution in [0.1, 0.15) is 11.1 Å². The van der Waals surface area contributed by atoms with Crippen molar-refractivity contribution >= 4 is 22.7 Å². The van der Waals surface area contributed by atoms with E-state index in [1.54, 1.807) is 37.3 Å². The molecule has 0 atom stereocenters. The number of hydrogen-bond donors (Lipinski definition) is 2. The van der Waals surface area contributed by atoms with E-state index in [0.717, 1.165) is 0 Å². The summed E-state index contributed by atoms with van der Waals surface area (Å²) >= 11 is 1.25. The number of nitrogens with zero attached hydrogens (tertiary/aromatic N) is 3. The van der Waals surface area contributed by atoms with E-state index in [9.17, 15) is 14.3 Å². The van der Waals surface area contributed by atoms with Gasteiger partial charge in [0, 0.05) is 22.8 Å². The van der Waals surface area contributed by atoms with Gasteiger partial charge in [-0.05, 0) is 36.8 Å². The summed E-state index contributed by atoms with van der Waals surface area (Å²) in [6.07, 6.45) is 0. The minimum absolute atomic E-state index is 0.0525. The third kappa shape index (κ3) is 3.09. The topological polar surface area (TPSA) is 107 Å². The average molecular weight is 398 g/mol. The van der Waals surface area contributed by atoms with Gasteiger partial charge in [-0.1, -0.05) is 23.9 Å². The fraction of sp³-hybridized carbons (Fsp3) is 0.105. The van der Waals surface area contributed by atoms with Gasteiger partial charge in [0.05, 0.1) is 5.56 Å². The summed E-state index contributed by atoms with van der Waals surface area (Å²) in [6, 6.07) is 10.8. The molecule has 4 rings (SSSR count). The van der Waals surface area contributed by atoms with Crippen molar-refractivity contribution in [3.05, 3.63) is 69.8 Å². The van der Waals surface area contributed by atoms with Crippen molar-refractivity contribution in [3.63, 3.8) is 0 Å². The molecular weight excluding hydrogens is 383 g/mol. The van der Waals surface area contributed by atoms with Crippen molar-refractivity contribution in [1.29, 1.82) is 0 Å². The Balaban J connectivity index is 1.67. The highest BCUT2D eigenvalue weighted by molar-refractivity contribution is 7.98. The molecule has 9 heteroatoms. The summed E-state index contributed by atoms with van der Waals surface area (Å²) in [6.45, 7) is 1.68. The number of phenols is 1. The number of rotatable bonds is 4. The zero-order valence-corrected chi connectivity index (χ0v) is 15.5. The normalized spacial score (nSPS) is 11.2. The Kier molecular flexibility index (Phi) is 4.52. The number of benzene rings is 2. The van der Waals surface area contributed by atoms with Crippen LogP contribution in [-0.2, 0) is 5.75 Å². The lowest BCUT2D eigenvalue weighted by Gasteiger charge is -2.08. The van der Waals surface area contributed by atoms with Crippen molar-refractivity contribution in [2.75, 3.05) is 5.84 Å². The second-order valence-corrected chi connectivity index (χ2v) is 7.06. The Labute approximate surface area is 162 Å². The number of thioether (sulfide) groups is 1. The summed E-state index contributed by atoms with van der Waals surface area (Å²) in [5.41, 5.74) is 1.27. The van der Waals surface area contributed by atoms with Gasteiger partial charge in [0.25, 0.3) is 0 Å². The zero-order valence-electron chi connectivity index (χ0n) is 14.7. The molecular formula is C19H15FN4O3S. The van der Waals surface area contributed by atoms with Gasteiger partial charge in [-0.25, -0.2) is 13.9 Å². The number of phenolic OH excluding ortho intramolecular Hbond substituents is 1. The standard InChI is InChI=1S/C19H15FN4O3S/c1-10-15(25)7-6-12-11(8-16(26)27-17(10)12)9-28-19-23-22-18(24(19)21)13-4-2-3-5-14(13)20/h2-8,25H,9,21H2,1H3. The molecule has 0 aliphatic rings. The molecule has 7 nitrogen and oxygen atoms in total. The van der Waals surface area contributed by atoms with Crippen molar-refractivity contribution in [3.8, 4) is 17.1 Å². The highest BCUT2D eigenvalue weighted by atomic mass is 32.2. The van der Waals surface area contributed by atoms with Crippen LogP contribution < -0.4 is 11.5 Å². The lowest BCUT2D eigenvalue weighted by molar-refractivity contribution is 0.468. The van der Waals surface area contributed by atoms with Crippen LogP contribution >= 0.6 is 11.8 Å². The van der Waals surface area contributed by atoms with Crippen molar-refractivity contribution in [1.82, 2.24) is 14.9 Å². The van der Waals surface area contributed by atoms with E-state index in [4.69, 9.17) is 10.3 Å². The highest BCUT2D eigenvalue weighted by Crippen LogP contribution is 2.31. The van der Waals surface area contributed by atoms with Crippen LogP contribution in [0.5, 0.6) is 5.75 Å². The molecule has 0 radical (unpaired) electrons. The number of hydrogen-bond acceptors (Lipinski definition) is 7. The average Bonchev–Trinajstić information content (AvgIpc) is 3.04. The molecule has 0 spiro atoms. The van der Waals surface area contributed by atoms with Crippen LogP contribution in [0.15, 0.2) is 56.8 Å². The summed E-state index contributed by atoms with van der Waals surface area (Å²) in [7, 11) is 0. The van der Waals surface area contributed by atoms with Gasteiger partial charge in [-0.3, -0.25) is 0 Å². The lowest BCUT2D eigenvalue weighted by Crippen LogP contribution is -2.12. The molecule has 0 saturated heterocycles. The highest BCUT2D eigenvalue weighted by Gasteiger charge is 2.17. The molecule has 4 aromatic rings. The smallest absolute Gasteiger partial charge is 0.336 e. The van der Waals surface area contributed by atoms with Crippen LogP contribution in [0.4, 0.5) is 4.39 Å². The van der Waals surface area contributed by atoms with Crippen LogP contribution in [0.2, 0.25) is 0 Å². The third-order valence-corrected chi connectivity index (χ3v) is 5.35. The Morgan fingerprint density at radius 3 is 2.82 bits per heavy atom. The van der Waals surface area contributed by atoms with E-state index in [2.05, 4.69) is 10.2 Å². The largest absolute Gasteiger partial charge is 0.508 e. The van der Waals surface area contributed by atoms with Crippen LogP contribution in [0, 0.1) is 12.7 Å². The van der Waals surface area contributed by atoms with Gasteiger partial charge in [-0.15, -0.1) is 10.2 Å². The first-order valence-corrected chi connectivity index (χ1v) is 9.27. The minimum atomic E-state index is -0.516. The Hall–Kier alpha value is -3.33. The molecule has 142 valence electrons. The SMILES string of the molecule is Cc1c(O)ccc2c(CSc3nnc(-c4ccccc4F)n3N)cc(=O)oc12. The summed E-state index contributed by atoms with van der Waals surface area (Å²) in [4.78, 5) is 11.9. The maximum atomic E-state index is 14.0. The molecule has 2 aromatic heterocycles. The molecule has 0 aliphatic carbocycles. The predicted octanol–water partition coefficient (Wildman–Crippen LogP) is 3.21. The second-order valence-electron chi connectivity index (χ2n) is 6.12. The van der Waals surface area contributed by atoms with Crippen molar-refractivity contribution in [2.24, 2.45) is 0 Å². The number of aromatic nitrogens is 3. The lowest BCUT2D eigenvalue weighted by atomic mass is 10.1. The quantitative estimate of drug-likeness (QED) is 0.309. The molecule has 28 heavy (non-hydrogen) atoms. The molecule has 0 unspecified atom stereocenters. The molecule has 2 heterocycles. The van der Waals surface area contributed by atoms with Crippen LogP contribution in [0.25, 0.3) is 22.4 Å². The van der Waals surface area contributed by atoms with Crippen molar-refractivity contribution < 1.29 is 13.9 Å². The molecule has 0 fully saturated rings. The fourth-order valence-electron chi connectivity index (χ4n) is 2.88. The molecule has 2 aromatic carbocycles. The monoisotopic (exact) mass is 398 g/mol. The van der Waals surface area contributed by atoms with E-state index in [1.807, 2.05) is 0 Å². The number of halogens is 1. The van der Waals surface area contributed by atoms with Gasteiger partial charge in [0.2, 0.25) is 5.16 Å². The maximum absolute atomic E-state index is 14.0. The van der Waals surface area contributed by atoms with Crippen LogP contribution in [-0.4, -0.2) is 20.0 Å². The van der Waals surface area contributed by atoms with E-state index < -0.39 is 11.4 Å². The first-order chi connectivity index (χ1) is 13.5. The molecule has 3 N–H and O–H groups in total. The molecule has 0 aliphatic heterocycles. The zero-order chi connectivity index (χ0) is 19.8. The Morgan fingerprint density at radius 1 is 1.25 bits per heavy atom. The fourth-order valence-corrected chi connectivity index (χ4v) is 3.73. The summed E-state index contributed by atoms with van der Waals surface area (Å²) < 4.78 is 20.5. The third-order valence-electron chi connectivity index (χ3n) is 4.35.